The molecular weight excluding hydrogens is 750 g/mol. The lowest BCUT2D eigenvalue weighted by atomic mass is 10.1. The van der Waals surface area contributed by atoms with Crippen LogP contribution in [0.5, 0.6) is 5.75 Å². The van der Waals surface area contributed by atoms with Gasteiger partial charge in [-0.1, -0.05) is 66.7 Å². The van der Waals surface area contributed by atoms with Crippen LogP contribution in [0.1, 0.15) is 67.9 Å². The first-order valence-electron chi connectivity index (χ1n) is 19.4. The van der Waals surface area contributed by atoms with Gasteiger partial charge in [0, 0.05) is 12.1 Å². The van der Waals surface area contributed by atoms with Crippen molar-refractivity contribution < 1.29 is 57.1 Å². The molecule has 0 saturated carbocycles. The summed E-state index contributed by atoms with van der Waals surface area (Å²) in [6.45, 7) is 7.70. The number of alkyl carbamates (subject to hydrolysis) is 1. The summed E-state index contributed by atoms with van der Waals surface area (Å²) in [5.74, 6) is -1.54. The predicted molar refractivity (Wildman–Crippen MR) is 214 cm³/mol. The lowest BCUT2D eigenvalue weighted by molar-refractivity contribution is -0.158. The third-order valence-corrected chi connectivity index (χ3v) is 7.87. The summed E-state index contributed by atoms with van der Waals surface area (Å²) in [6, 6.07) is 24.3. The van der Waals surface area contributed by atoms with Crippen molar-refractivity contribution in [2.24, 2.45) is 0 Å². The van der Waals surface area contributed by atoms with Gasteiger partial charge in [0.15, 0.2) is 0 Å². The molecule has 0 radical (unpaired) electrons. The minimum atomic E-state index is -0.951. The first-order chi connectivity index (χ1) is 28.0. The van der Waals surface area contributed by atoms with Gasteiger partial charge in [0.1, 0.15) is 37.2 Å². The zero-order valence-corrected chi connectivity index (χ0v) is 33.7. The Labute approximate surface area is 340 Å². The Morgan fingerprint density at radius 1 is 0.655 bits per heavy atom. The first kappa shape index (κ1) is 46.9. The molecule has 0 aliphatic rings. The van der Waals surface area contributed by atoms with Crippen LogP contribution in [0.3, 0.4) is 0 Å². The van der Waals surface area contributed by atoms with Crippen LogP contribution < -0.4 is 20.7 Å². The molecule has 0 aromatic heterocycles. The van der Waals surface area contributed by atoms with E-state index in [4.69, 9.17) is 33.2 Å². The topological polar surface area (TPSA) is 186 Å². The number of rotatable bonds is 27. The Morgan fingerprint density at radius 2 is 1.26 bits per heavy atom. The summed E-state index contributed by atoms with van der Waals surface area (Å²) in [5, 5.41) is 7.91. The van der Waals surface area contributed by atoms with Crippen LogP contribution in [-0.2, 0) is 56.0 Å². The molecule has 3 aromatic rings. The Hall–Kier alpha value is -5.51. The van der Waals surface area contributed by atoms with Gasteiger partial charge in [0.2, 0.25) is 5.91 Å². The molecule has 0 bridgehead atoms. The van der Waals surface area contributed by atoms with Crippen LogP contribution in [0.2, 0.25) is 0 Å². The number of carbonyl (C=O) groups is 5. The number of benzene rings is 3. The van der Waals surface area contributed by atoms with Crippen LogP contribution in [0.15, 0.2) is 84.9 Å². The van der Waals surface area contributed by atoms with Crippen LogP contribution in [0.25, 0.3) is 0 Å². The van der Waals surface area contributed by atoms with E-state index in [0.717, 1.165) is 11.1 Å². The standard InChI is InChI=1S/C43H57N3O12/c1-43(2,3)58-41(50)37(19-10-11-21-44-42(51)57-32-34-15-8-5-9-16-34)46-38(47)30-45-40(49)35-17-12-18-36(29-35)55-28-27-54-26-25-53-24-23-52-22-20-39(48)56-31-33-13-6-4-7-14-33/h4-9,12-18,29,37H,10-11,19-28,30-32H2,1-3H3,(H,44,51)(H,45,49)(H,46,47)/t37-/m0/s1. The van der Waals surface area contributed by atoms with Crippen molar-refractivity contribution >= 4 is 29.8 Å². The van der Waals surface area contributed by atoms with Crippen LogP contribution in [0.4, 0.5) is 4.79 Å². The van der Waals surface area contributed by atoms with E-state index in [9.17, 15) is 24.0 Å². The van der Waals surface area contributed by atoms with Gasteiger partial charge in [0.05, 0.1) is 52.6 Å². The van der Waals surface area contributed by atoms with E-state index in [0.29, 0.717) is 51.6 Å². The fraction of sp³-hybridized carbons (Fsp3) is 0.465. The number of nitrogens with one attached hydrogen (secondary N) is 3. The molecule has 15 nitrogen and oxygen atoms in total. The van der Waals surface area contributed by atoms with Crippen LogP contribution in [0, 0.1) is 0 Å². The van der Waals surface area contributed by atoms with Crippen molar-refractivity contribution in [2.45, 2.75) is 71.3 Å². The second kappa shape index (κ2) is 27.2. The van der Waals surface area contributed by atoms with Gasteiger partial charge in [-0.3, -0.25) is 14.4 Å². The molecule has 0 spiro atoms. The number of amides is 3. The highest BCUT2D eigenvalue weighted by molar-refractivity contribution is 5.97. The first-order valence-corrected chi connectivity index (χ1v) is 19.4. The molecule has 3 aromatic carbocycles. The normalized spacial score (nSPS) is 11.5. The second-order valence-electron chi connectivity index (χ2n) is 13.9. The number of hydrogen-bond donors (Lipinski definition) is 3. The zero-order valence-electron chi connectivity index (χ0n) is 33.7. The third-order valence-electron chi connectivity index (χ3n) is 7.87. The number of hydrogen-bond acceptors (Lipinski definition) is 12. The molecule has 0 fully saturated rings. The molecule has 0 saturated heterocycles. The van der Waals surface area contributed by atoms with E-state index in [2.05, 4.69) is 16.0 Å². The zero-order chi connectivity index (χ0) is 41.9. The Kier molecular flexibility index (Phi) is 22.0. The monoisotopic (exact) mass is 807 g/mol. The van der Waals surface area contributed by atoms with E-state index in [1.807, 2.05) is 60.7 Å². The maximum absolute atomic E-state index is 12.9. The molecular formula is C43H57N3O12. The third kappa shape index (κ3) is 21.7. The molecule has 1 atom stereocenters. The molecule has 3 N–H and O–H groups in total. The van der Waals surface area contributed by atoms with Crippen molar-refractivity contribution in [3.8, 4) is 5.75 Å². The largest absolute Gasteiger partial charge is 0.491 e. The van der Waals surface area contributed by atoms with E-state index in [1.54, 1.807) is 45.0 Å². The van der Waals surface area contributed by atoms with E-state index < -0.39 is 35.5 Å². The van der Waals surface area contributed by atoms with Gasteiger partial charge in [0.25, 0.3) is 5.91 Å². The van der Waals surface area contributed by atoms with Gasteiger partial charge >= 0.3 is 18.0 Å². The lowest BCUT2D eigenvalue weighted by Gasteiger charge is -2.24. The highest BCUT2D eigenvalue weighted by Crippen LogP contribution is 2.14. The van der Waals surface area contributed by atoms with Crippen molar-refractivity contribution in [2.75, 3.05) is 59.3 Å². The minimum absolute atomic E-state index is 0.155. The second-order valence-corrected chi connectivity index (χ2v) is 13.9. The predicted octanol–water partition coefficient (Wildman–Crippen LogP) is 4.90. The Bertz CT molecular complexity index is 1670. The average molecular weight is 808 g/mol. The van der Waals surface area contributed by atoms with Gasteiger partial charge in [-0.05, 0) is 69.4 Å². The smallest absolute Gasteiger partial charge is 0.407 e. The summed E-state index contributed by atoms with van der Waals surface area (Å²) in [4.78, 5) is 62.4. The van der Waals surface area contributed by atoms with Gasteiger partial charge in [-0.2, -0.15) is 0 Å². The van der Waals surface area contributed by atoms with Gasteiger partial charge in [-0.25, -0.2) is 9.59 Å². The quantitative estimate of drug-likeness (QED) is 0.0539. The molecule has 0 aliphatic heterocycles. The van der Waals surface area contributed by atoms with E-state index in [-0.39, 0.29) is 64.0 Å². The van der Waals surface area contributed by atoms with Crippen molar-refractivity contribution in [3.63, 3.8) is 0 Å². The molecule has 3 rings (SSSR count). The summed E-state index contributed by atoms with van der Waals surface area (Å²) in [6.07, 6.45) is 0.902. The SMILES string of the molecule is CC(C)(C)OC(=O)[C@H](CCCCNC(=O)OCc1ccccc1)NC(=O)CNC(=O)c1cccc(OCCOCCOCCOCCC(=O)OCc2ccccc2)c1. The van der Waals surface area contributed by atoms with Crippen LogP contribution in [-0.4, -0.2) is 101 Å². The lowest BCUT2D eigenvalue weighted by Crippen LogP contribution is -2.47. The molecule has 15 heteroatoms. The summed E-state index contributed by atoms with van der Waals surface area (Å²) in [5.41, 5.74) is 1.31. The average Bonchev–Trinajstić information content (AvgIpc) is 3.21. The number of ether oxygens (including phenoxy) is 7. The number of esters is 2. The maximum Gasteiger partial charge on any atom is 0.407 e. The summed E-state index contributed by atoms with van der Waals surface area (Å²) in [7, 11) is 0. The van der Waals surface area contributed by atoms with Crippen molar-refractivity contribution in [3.05, 3.63) is 102 Å². The van der Waals surface area contributed by atoms with Gasteiger partial charge in [-0.15, -0.1) is 0 Å². The molecule has 58 heavy (non-hydrogen) atoms. The van der Waals surface area contributed by atoms with Gasteiger partial charge < -0.3 is 49.1 Å². The van der Waals surface area contributed by atoms with Crippen molar-refractivity contribution in [1.82, 2.24) is 16.0 Å². The molecule has 0 unspecified atom stereocenters. The molecule has 0 heterocycles. The van der Waals surface area contributed by atoms with E-state index >= 15 is 0 Å². The fourth-order valence-corrected chi connectivity index (χ4v) is 5.02. The minimum Gasteiger partial charge on any atom is -0.491 e. The summed E-state index contributed by atoms with van der Waals surface area (Å²) < 4.78 is 38.1. The van der Waals surface area contributed by atoms with E-state index in [1.165, 1.54) is 0 Å². The fourth-order valence-electron chi connectivity index (χ4n) is 5.02. The Morgan fingerprint density at radius 3 is 1.90 bits per heavy atom. The number of unbranched alkanes of at least 4 members (excludes halogenated alkanes) is 1. The molecule has 0 aliphatic carbocycles. The summed E-state index contributed by atoms with van der Waals surface area (Å²) >= 11 is 0. The van der Waals surface area contributed by atoms with Crippen LogP contribution >= 0.6 is 0 Å². The highest BCUT2D eigenvalue weighted by Gasteiger charge is 2.26. The Balaban J connectivity index is 1.25. The molecule has 3 amide bonds. The number of carbonyl (C=O) groups excluding carboxylic acids is 5. The molecule has 316 valence electrons. The van der Waals surface area contributed by atoms with Crippen molar-refractivity contribution in [1.29, 1.82) is 0 Å². The maximum atomic E-state index is 12.9. The highest BCUT2D eigenvalue weighted by atomic mass is 16.6.